The third-order valence-corrected chi connectivity index (χ3v) is 8.80. The largest absolute Gasteiger partial charge is 0.478 e. The number of esters is 1. The molecule has 164 valence electrons. The molecule has 6 nitrogen and oxygen atoms in total. The van der Waals surface area contributed by atoms with Crippen LogP contribution in [-0.2, 0) is 19.1 Å². The Hall–Kier alpha value is -2.02. The number of carbonyl (C=O) groups excluding carboxylic acids is 2. The van der Waals surface area contributed by atoms with Crippen molar-refractivity contribution in [1.82, 2.24) is 0 Å². The van der Waals surface area contributed by atoms with Gasteiger partial charge in [-0.15, -0.1) is 0 Å². The molecule has 4 rings (SSSR count). The minimum Gasteiger partial charge on any atom is -0.478 e. The summed E-state index contributed by atoms with van der Waals surface area (Å²) in [6.45, 7) is 6.33. The molecule has 0 aromatic rings. The average molecular weight is 420 g/mol. The number of aliphatic hydroxyl groups excluding tert-OH is 1. The third-order valence-electron chi connectivity index (χ3n) is 8.80. The van der Waals surface area contributed by atoms with E-state index in [4.69, 9.17) is 4.74 Å². The monoisotopic (exact) mass is 420 g/mol. The van der Waals surface area contributed by atoms with Gasteiger partial charge in [0, 0.05) is 29.6 Å². The van der Waals surface area contributed by atoms with E-state index in [1.807, 2.05) is 0 Å². The molecule has 4 aliphatic carbocycles. The van der Waals surface area contributed by atoms with Crippen molar-refractivity contribution in [1.29, 1.82) is 0 Å². The van der Waals surface area contributed by atoms with Crippen LogP contribution in [0.5, 0.6) is 0 Å². The Balaban J connectivity index is 1.86. The van der Waals surface area contributed by atoms with E-state index in [-0.39, 0.29) is 18.1 Å². The fourth-order valence-electron chi connectivity index (χ4n) is 7.47. The number of ether oxygens (including phenoxy) is 1. The van der Waals surface area contributed by atoms with E-state index in [0.717, 1.165) is 0 Å². The smallest absolute Gasteiger partial charge is 0.349 e. The summed E-state index contributed by atoms with van der Waals surface area (Å²) in [5, 5.41) is 21.4. The Kier molecular flexibility index (Phi) is 4.42. The number of allylic oxidation sites excluding steroid dienone is 4. The van der Waals surface area contributed by atoms with Gasteiger partial charge in [-0.2, -0.15) is 0 Å². The maximum Gasteiger partial charge on any atom is 0.349 e. The number of carboxylic acid groups (broad SMARTS) is 1. The Morgan fingerprint density at radius 3 is 2.53 bits per heavy atom. The van der Waals surface area contributed by atoms with Crippen molar-refractivity contribution in [3.8, 4) is 0 Å². The van der Waals surface area contributed by atoms with E-state index in [1.54, 1.807) is 26.8 Å². The molecule has 0 aromatic heterocycles. The normalized spacial score (nSPS) is 49.5. The Labute approximate surface area is 175 Å². The Morgan fingerprint density at radius 2 is 1.93 bits per heavy atom. The lowest BCUT2D eigenvalue weighted by atomic mass is 9.44. The van der Waals surface area contributed by atoms with Gasteiger partial charge in [-0.3, -0.25) is 9.59 Å². The minimum absolute atomic E-state index is 0.140. The van der Waals surface area contributed by atoms with Crippen molar-refractivity contribution in [3.05, 3.63) is 23.8 Å². The molecule has 3 saturated carbocycles. The van der Waals surface area contributed by atoms with Crippen LogP contribution < -0.4 is 0 Å². The maximum atomic E-state index is 17.0. The SMILES string of the molecule is CC(=O)O[C@]1(C(=O)O)[C@@H](C)C[C@H]2[C@@H]3CCC4=CC(=O)C=C[C@]4(C)[C@@]3(F)[C@@H](O)C[C@@]21C. The summed E-state index contributed by atoms with van der Waals surface area (Å²) in [6, 6.07) is 0. The molecule has 0 radical (unpaired) electrons. The van der Waals surface area contributed by atoms with Crippen LogP contribution in [0.15, 0.2) is 23.8 Å². The third kappa shape index (κ3) is 2.24. The van der Waals surface area contributed by atoms with Gasteiger partial charge in [-0.05, 0) is 50.7 Å². The number of hydrogen-bond acceptors (Lipinski definition) is 5. The second-order valence-corrected chi connectivity index (χ2v) is 10.0. The predicted octanol–water partition coefficient (Wildman–Crippen LogP) is 2.99. The summed E-state index contributed by atoms with van der Waals surface area (Å²) in [5.74, 6) is -3.68. The molecule has 0 saturated heterocycles. The van der Waals surface area contributed by atoms with Crippen LogP contribution >= 0.6 is 0 Å². The summed E-state index contributed by atoms with van der Waals surface area (Å²) < 4.78 is 22.5. The molecule has 0 heterocycles. The number of carboxylic acids is 1. The first kappa shape index (κ1) is 21.2. The lowest BCUT2D eigenvalue weighted by Gasteiger charge is -2.62. The lowest BCUT2D eigenvalue weighted by molar-refractivity contribution is -0.233. The van der Waals surface area contributed by atoms with Crippen molar-refractivity contribution < 1.29 is 33.7 Å². The molecular weight excluding hydrogens is 391 g/mol. The molecule has 0 aromatic carbocycles. The summed E-state index contributed by atoms with van der Waals surface area (Å²) in [6.07, 6.45) is 4.08. The van der Waals surface area contributed by atoms with Gasteiger partial charge in [0.2, 0.25) is 5.60 Å². The lowest BCUT2D eigenvalue weighted by Crippen LogP contribution is -2.69. The fourth-order valence-corrected chi connectivity index (χ4v) is 7.47. The van der Waals surface area contributed by atoms with Gasteiger partial charge in [0.1, 0.15) is 0 Å². The van der Waals surface area contributed by atoms with Crippen LogP contribution in [0, 0.1) is 28.6 Å². The van der Waals surface area contributed by atoms with Gasteiger partial charge >= 0.3 is 11.9 Å². The number of ketones is 1. The van der Waals surface area contributed by atoms with Gasteiger partial charge in [0.05, 0.1) is 6.10 Å². The summed E-state index contributed by atoms with van der Waals surface area (Å²) in [4.78, 5) is 36.3. The predicted molar refractivity (Wildman–Crippen MR) is 105 cm³/mol. The molecule has 0 spiro atoms. The number of carbonyl (C=O) groups is 3. The van der Waals surface area contributed by atoms with Crippen molar-refractivity contribution in [3.63, 3.8) is 0 Å². The Bertz CT molecular complexity index is 894. The summed E-state index contributed by atoms with van der Waals surface area (Å²) in [7, 11) is 0. The van der Waals surface area contributed by atoms with Crippen LogP contribution in [0.25, 0.3) is 0 Å². The average Bonchev–Trinajstić information content (AvgIpc) is 2.85. The van der Waals surface area contributed by atoms with E-state index in [2.05, 4.69) is 0 Å². The highest BCUT2D eigenvalue weighted by atomic mass is 19.1. The van der Waals surface area contributed by atoms with Crippen LogP contribution in [-0.4, -0.2) is 45.3 Å². The number of rotatable bonds is 2. The van der Waals surface area contributed by atoms with E-state index < -0.39 is 52.0 Å². The minimum atomic E-state index is -2.04. The van der Waals surface area contributed by atoms with Gasteiger partial charge in [0.25, 0.3) is 0 Å². The van der Waals surface area contributed by atoms with Crippen LogP contribution in [0.2, 0.25) is 0 Å². The van der Waals surface area contributed by atoms with Crippen LogP contribution in [0.4, 0.5) is 4.39 Å². The maximum absolute atomic E-state index is 17.0. The highest BCUT2D eigenvalue weighted by molar-refractivity contribution is 6.01. The number of aliphatic hydroxyl groups is 1. The van der Waals surface area contributed by atoms with Gasteiger partial charge in [-0.1, -0.05) is 25.5 Å². The molecule has 0 amide bonds. The number of aliphatic carboxylic acids is 1. The summed E-state index contributed by atoms with van der Waals surface area (Å²) in [5.41, 5.74) is -5.43. The molecule has 0 unspecified atom stereocenters. The van der Waals surface area contributed by atoms with Crippen LogP contribution in [0.1, 0.15) is 53.4 Å². The molecule has 30 heavy (non-hydrogen) atoms. The van der Waals surface area contributed by atoms with Crippen molar-refractivity contribution >= 4 is 17.7 Å². The molecule has 0 bridgehead atoms. The van der Waals surface area contributed by atoms with E-state index in [0.29, 0.717) is 24.8 Å². The molecule has 2 N–H and O–H groups in total. The first-order chi connectivity index (χ1) is 13.8. The van der Waals surface area contributed by atoms with Gasteiger partial charge < -0.3 is 14.9 Å². The number of fused-ring (bicyclic) bond motifs is 5. The summed E-state index contributed by atoms with van der Waals surface area (Å²) >= 11 is 0. The quantitative estimate of drug-likeness (QED) is 0.666. The standard InChI is InChI=1S/C23H29FO6/c1-12-9-17-16-6-5-14-10-15(26)7-8-20(14,3)22(16,24)18(27)11-21(17,4)23(12,19(28)29)30-13(2)25/h7-8,10,12,16-18,27H,5-6,9,11H2,1-4H3,(H,28,29)/t12-,16-,17-,18-,20-,21-,22-,23-/m0/s1. The number of halogens is 1. The second-order valence-electron chi connectivity index (χ2n) is 10.0. The zero-order chi connectivity index (χ0) is 22.3. The topological polar surface area (TPSA) is 101 Å². The Morgan fingerprint density at radius 1 is 1.27 bits per heavy atom. The highest BCUT2D eigenvalue weighted by Crippen LogP contribution is 2.71. The second kappa shape index (κ2) is 6.25. The fraction of sp³-hybridized carbons (Fsp3) is 0.696. The van der Waals surface area contributed by atoms with Crippen LogP contribution in [0.3, 0.4) is 0 Å². The zero-order valence-electron chi connectivity index (χ0n) is 17.8. The van der Waals surface area contributed by atoms with Crippen molar-refractivity contribution in [2.45, 2.75) is 70.8 Å². The van der Waals surface area contributed by atoms with Gasteiger partial charge in [-0.25, -0.2) is 9.18 Å². The molecule has 0 aliphatic heterocycles. The van der Waals surface area contributed by atoms with E-state index in [9.17, 15) is 24.6 Å². The van der Waals surface area contributed by atoms with Gasteiger partial charge in [0.15, 0.2) is 11.5 Å². The highest BCUT2D eigenvalue weighted by Gasteiger charge is 2.77. The van der Waals surface area contributed by atoms with E-state index >= 15 is 4.39 Å². The first-order valence-corrected chi connectivity index (χ1v) is 10.6. The molecular formula is C23H29FO6. The van der Waals surface area contributed by atoms with Crippen molar-refractivity contribution in [2.24, 2.45) is 28.6 Å². The first-order valence-electron chi connectivity index (χ1n) is 10.6. The van der Waals surface area contributed by atoms with Crippen molar-refractivity contribution in [2.75, 3.05) is 0 Å². The molecule has 4 aliphatic rings. The molecule has 8 atom stereocenters. The molecule has 7 heteroatoms. The number of alkyl halides is 1. The van der Waals surface area contributed by atoms with E-state index in [1.165, 1.54) is 19.1 Å². The molecule has 3 fully saturated rings. The zero-order valence-corrected chi connectivity index (χ0v) is 17.8. The number of hydrogen-bond donors (Lipinski definition) is 2.